The maximum atomic E-state index is 12.5. The Hall–Kier alpha value is -1.37. The lowest BCUT2D eigenvalue weighted by molar-refractivity contribution is -0.144. The standard InChI is InChI=1S/C13H15F3O3S/c1-9(12(17)19-2)7-20(18)8-10-4-3-5-11(6-10)13(14,15)16/h3-6,9H,7-8H2,1-2H3. The molecule has 1 rings (SSSR count). The quantitative estimate of drug-likeness (QED) is 0.786. The van der Waals surface area contributed by atoms with E-state index in [-0.39, 0.29) is 11.5 Å². The highest BCUT2D eigenvalue weighted by atomic mass is 32.2. The van der Waals surface area contributed by atoms with Crippen molar-refractivity contribution in [1.29, 1.82) is 0 Å². The van der Waals surface area contributed by atoms with Crippen molar-refractivity contribution in [3.63, 3.8) is 0 Å². The van der Waals surface area contributed by atoms with Gasteiger partial charge in [0.05, 0.1) is 18.6 Å². The van der Waals surface area contributed by atoms with Crippen LogP contribution in [0.3, 0.4) is 0 Å². The summed E-state index contributed by atoms with van der Waals surface area (Å²) in [5.41, 5.74) is -0.441. The van der Waals surface area contributed by atoms with Gasteiger partial charge in [-0.3, -0.25) is 9.00 Å². The topological polar surface area (TPSA) is 43.4 Å². The second kappa shape index (κ2) is 6.88. The lowest BCUT2D eigenvalue weighted by Crippen LogP contribution is -2.20. The van der Waals surface area contributed by atoms with Crippen LogP contribution in [0.4, 0.5) is 13.2 Å². The van der Waals surface area contributed by atoms with Gasteiger partial charge >= 0.3 is 12.1 Å². The normalized spacial score (nSPS) is 14.7. The number of esters is 1. The second-order valence-corrected chi connectivity index (χ2v) is 5.87. The SMILES string of the molecule is COC(=O)C(C)CS(=O)Cc1cccc(C(F)(F)F)c1. The number of carbonyl (C=O) groups is 1. The maximum absolute atomic E-state index is 12.5. The van der Waals surface area contributed by atoms with Crippen LogP contribution >= 0.6 is 0 Å². The van der Waals surface area contributed by atoms with Gasteiger partial charge in [-0.2, -0.15) is 13.2 Å². The van der Waals surface area contributed by atoms with Gasteiger partial charge in [0.25, 0.3) is 0 Å². The van der Waals surface area contributed by atoms with Gasteiger partial charge in [0.1, 0.15) is 0 Å². The Kier molecular flexibility index (Phi) is 5.74. The van der Waals surface area contributed by atoms with Crippen molar-refractivity contribution < 1.29 is 26.9 Å². The minimum atomic E-state index is -4.42. The molecule has 7 heteroatoms. The Bertz CT molecular complexity index is 500. The number of halogens is 3. The summed E-state index contributed by atoms with van der Waals surface area (Å²) in [6.07, 6.45) is -4.42. The molecule has 0 aliphatic rings. The summed E-state index contributed by atoms with van der Waals surface area (Å²) in [6, 6.07) is 4.69. The van der Waals surface area contributed by atoms with E-state index in [0.717, 1.165) is 12.1 Å². The molecule has 2 unspecified atom stereocenters. The summed E-state index contributed by atoms with van der Waals surface area (Å²) in [4.78, 5) is 11.2. The average molecular weight is 308 g/mol. The molecule has 2 atom stereocenters. The first kappa shape index (κ1) is 16.7. The van der Waals surface area contributed by atoms with Crippen LogP contribution in [0.2, 0.25) is 0 Å². The Morgan fingerprint density at radius 1 is 1.40 bits per heavy atom. The van der Waals surface area contributed by atoms with E-state index >= 15 is 0 Å². The van der Waals surface area contributed by atoms with Gasteiger partial charge in [0, 0.05) is 22.3 Å². The zero-order valence-electron chi connectivity index (χ0n) is 11.1. The zero-order chi connectivity index (χ0) is 15.3. The number of hydrogen-bond donors (Lipinski definition) is 0. The number of methoxy groups -OCH3 is 1. The predicted octanol–water partition coefficient (Wildman–Crippen LogP) is 2.76. The smallest absolute Gasteiger partial charge is 0.416 e. The van der Waals surface area contributed by atoms with Gasteiger partial charge in [0.15, 0.2) is 0 Å². The summed E-state index contributed by atoms with van der Waals surface area (Å²) in [6.45, 7) is 1.57. The Morgan fingerprint density at radius 3 is 2.60 bits per heavy atom. The molecule has 0 bridgehead atoms. The molecule has 3 nitrogen and oxygen atoms in total. The first-order chi connectivity index (χ1) is 9.24. The Morgan fingerprint density at radius 2 is 2.05 bits per heavy atom. The molecule has 0 saturated carbocycles. The molecule has 1 aromatic rings. The van der Waals surface area contributed by atoms with Gasteiger partial charge in [-0.05, 0) is 11.6 Å². The molecule has 0 aliphatic carbocycles. The zero-order valence-corrected chi connectivity index (χ0v) is 11.9. The van der Waals surface area contributed by atoms with Crippen LogP contribution < -0.4 is 0 Å². The fourth-order valence-electron chi connectivity index (χ4n) is 1.63. The minimum Gasteiger partial charge on any atom is -0.469 e. The number of hydrogen-bond acceptors (Lipinski definition) is 3. The molecule has 0 amide bonds. The third-order valence-corrected chi connectivity index (χ3v) is 4.15. The van der Waals surface area contributed by atoms with Crippen LogP contribution in [0.1, 0.15) is 18.1 Å². The van der Waals surface area contributed by atoms with Crippen molar-refractivity contribution in [2.75, 3.05) is 12.9 Å². The van der Waals surface area contributed by atoms with E-state index in [9.17, 15) is 22.2 Å². The van der Waals surface area contributed by atoms with Crippen LogP contribution in [-0.2, 0) is 32.3 Å². The van der Waals surface area contributed by atoms with Gasteiger partial charge in [-0.1, -0.05) is 25.1 Å². The Labute approximate surface area is 117 Å². The lowest BCUT2D eigenvalue weighted by atomic mass is 10.1. The van der Waals surface area contributed by atoms with Crippen LogP contribution in [0.15, 0.2) is 24.3 Å². The number of benzene rings is 1. The van der Waals surface area contributed by atoms with E-state index in [1.807, 2.05) is 0 Å². The van der Waals surface area contributed by atoms with Crippen molar-refractivity contribution in [3.05, 3.63) is 35.4 Å². The molecule has 0 aliphatic heterocycles. The van der Waals surface area contributed by atoms with Crippen LogP contribution in [0.25, 0.3) is 0 Å². The second-order valence-electron chi connectivity index (χ2n) is 4.37. The molecule has 112 valence electrons. The van der Waals surface area contributed by atoms with Crippen molar-refractivity contribution in [2.24, 2.45) is 5.92 Å². The van der Waals surface area contributed by atoms with Crippen LogP contribution in [0, 0.1) is 5.92 Å². The number of ether oxygens (including phenoxy) is 1. The summed E-state index contributed by atoms with van der Waals surface area (Å²) in [5, 5.41) is 0. The monoisotopic (exact) mass is 308 g/mol. The molecule has 0 fully saturated rings. The van der Waals surface area contributed by atoms with E-state index in [0.29, 0.717) is 5.56 Å². The van der Waals surface area contributed by atoms with E-state index < -0.39 is 34.4 Å². The molecular formula is C13H15F3O3S. The maximum Gasteiger partial charge on any atom is 0.416 e. The van der Waals surface area contributed by atoms with Crippen LogP contribution in [0.5, 0.6) is 0 Å². The summed E-state index contributed by atoms with van der Waals surface area (Å²) in [5.74, 6) is -0.997. The van der Waals surface area contributed by atoms with E-state index in [4.69, 9.17) is 0 Å². The average Bonchev–Trinajstić information content (AvgIpc) is 2.36. The molecule has 0 aromatic heterocycles. The molecule has 1 aromatic carbocycles. The van der Waals surface area contributed by atoms with Crippen molar-refractivity contribution >= 4 is 16.8 Å². The molecule has 0 heterocycles. The van der Waals surface area contributed by atoms with Gasteiger partial charge < -0.3 is 4.74 Å². The predicted molar refractivity (Wildman–Crippen MR) is 69.3 cm³/mol. The fraction of sp³-hybridized carbons (Fsp3) is 0.462. The van der Waals surface area contributed by atoms with Gasteiger partial charge in [-0.25, -0.2) is 0 Å². The van der Waals surface area contributed by atoms with Crippen LogP contribution in [-0.4, -0.2) is 23.0 Å². The highest BCUT2D eigenvalue weighted by Crippen LogP contribution is 2.29. The van der Waals surface area contributed by atoms with E-state index in [2.05, 4.69) is 4.74 Å². The summed E-state index contributed by atoms with van der Waals surface area (Å²) in [7, 11) is -0.196. The number of carbonyl (C=O) groups excluding carboxylic acids is 1. The first-order valence-electron chi connectivity index (χ1n) is 5.83. The van der Waals surface area contributed by atoms with E-state index in [1.165, 1.54) is 19.2 Å². The number of rotatable bonds is 5. The molecule has 0 radical (unpaired) electrons. The van der Waals surface area contributed by atoms with Crippen molar-refractivity contribution in [2.45, 2.75) is 18.9 Å². The van der Waals surface area contributed by atoms with Gasteiger partial charge in [0.2, 0.25) is 0 Å². The number of alkyl halides is 3. The highest BCUT2D eigenvalue weighted by molar-refractivity contribution is 7.84. The summed E-state index contributed by atoms with van der Waals surface area (Å²) < 4.78 is 53.9. The third kappa shape index (κ3) is 4.96. The van der Waals surface area contributed by atoms with Crippen molar-refractivity contribution in [3.8, 4) is 0 Å². The van der Waals surface area contributed by atoms with Crippen molar-refractivity contribution in [1.82, 2.24) is 0 Å². The molecule has 20 heavy (non-hydrogen) atoms. The highest BCUT2D eigenvalue weighted by Gasteiger charge is 2.30. The largest absolute Gasteiger partial charge is 0.469 e. The van der Waals surface area contributed by atoms with Gasteiger partial charge in [-0.15, -0.1) is 0 Å². The molecule has 0 saturated heterocycles. The lowest BCUT2D eigenvalue weighted by Gasteiger charge is -2.10. The molecule has 0 N–H and O–H groups in total. The molecule has 0 spiro atoms. The first-order valence-corrected chi connectivity index (χ1v) is 7.31. The fourth-order valence-corrected chi connectivity index (χ4v) is 2.99. The molecular weight excluding hydrogens is 293 g/mol. The summed E-state index contributed by atoms with van der Waals surface area (Å²) >= 11 is 0. The third-order valence-electron chi connectivity index (χ3n) is 2.62. The van der Waals surface area contributed by atoms with E-state index in [1.54, 1.807) is 6.92 Å². The Balaban J connectivity index is 2.69. The minimum absolute atomic E-state index is 0.0226.